The lowest BCUT2D eigenvalue weighted by atomic mass is 10.1. The smallest absolute Gasteiger partial charge is 0.150 e. The highest BCUT2D eigenvalue weighted by atomic mass is 16.1. The maximum absolute atomic E-state index is 10.2. The second kappa shape index (κ2) is 11.5. The van der Waals surface area contributed by atoms with E-state index in [1.165, 1.54) is 11.1 Å². The summed E-state index contributed by atoms with van der Waals surface area (Å²) in [5, 5.41) is 0. The molecule has 0 atom stereocenters. The first-order chi connectivity index (χ1) is 10.2. The first-order valence-electron chi connectivity index (χ1n) is 6.48. The summed E-state index contributed by atoms with van der Waals surface area (Å²) in [7, 11) is 0. The highest BCUT2D eigenvalue weighted by Gasteiger charge is 1.88. The van der Waals surface area contributed by atoms with E-state index in [2.05, 4.69) is 31.2 Å². The van der Waals surface area contributed by atoms with Crippen LogP contribution in [0.15, 0.2) is 48.5 Å². The molecule has 0 saturated carbocycles. The third-order valence-corrected chi connectivity index (χ3v) is 2.71. The summed E-state index contributed by atoms with van der Waals surface area (Å²) in [4.78, 5) is 18.2. The van der Waals surface area contributed by atoms with Crippen molar-refractivity contribution in [2.75, 3.05) is 0 Å². The quantitative estimate of drug-likeness (QED) is 0.847. The van der Waals surface area contributed by atoms with Crippen molar-refractivity contribution in [1.82, 2.24) is 0 Å². The van der Waals surface area contributed by atoms with Crippen LogP contribution in [-0.4, -0.2) is 13.1 Å². The fraction of sp³-hybridized carbons (Fsp3) is 0.176. The van der Waals surface area contributed by atoms with E-state index in [1.54, 1.807) is 12.1 Å². The molecule has 0 radical (unpaired) electrons. The molecule has 2 aromatic rings. The number of aryl methyl sites for hydroxylation is 1. The molecule has 0 spiro atoms. The molecule has 4 N–H and O–H groups in total. The summed E-state index contributed by atoms with van der Waals surface area (Å²) in [5.41, 5.74) is 15.0. The van der Waals surface area contributed by atoms with Crippen molar-refractivity contribution in [3.63, 3.8) is 0 Å². The van der Waals surface area contributed by atoms with Crippen LogP contribution in [-0.2, 0) is 17.9 Å². The SMILES string of the molecule is C=O.Cc1ccc(CN)cc1.NCc1ccc(C=O)cc1. The number of aldehydes is 1. The molecular weight excluding hydrogens is 264 g/mol. The van der Waals surface area contributed by atoms with E-state index >= 15 is 0 Å². The Kier molecular flexibility index (Phi) is 10.3. The van der Waals surface area contributed by atoms with Gasteiger partial charge in [-0.1, -0.05) is 54.1 Å². The van der Waals surface area contributed by atoms with Gasteiger partial charge in [-0.25, -0.2) is 0 Å². The van der Waals surface area contributed by atoms with Crippen LogP contribution in [0, 0.1) is 6.92 Å². The van der Waals surface area contributed by atoms with Crippen LogP contribution >= 0.6 is 0 Å². The molecule has 0 aliphatic heterocycles. The molecule has 0 amide bonds. The predicted molar refractivity (Wildman–Crippen MR) is 85.9 cm³/mol. The normalized spacial score (nSPS) is 8.71. The summed E-state index contributed by atoms with van der Waals surface area (Å²) >= 11 is 0. The molecule has 21 heavy (non-hydrogen) atoms. The Hall–Kier alpha value is -2.30. The van der Waals surface area contributed by atoms with Crippen molar-refractivity contribution >= 4 is 13.1 Å². The Balaban J connectivity index is 0.000000342. The predicted octanol–water partition coefficient (Wildman–Crippen LogP) is 2.23. The van der Waals surface area contributed by atoms with Crippen LogP contribution < -0.4 is 11.5 Å². The molecule has 2 rings (SSSR count). The summed E-state index contributed by atoms with van der Waals surface area (Å²) in [6.45, 7) is 5.24. The van der Waals surface area contributed by atoms with Gasteiger partial charge >= 0.3 is 0 Å². The molecule has 112 valence electrons. The highest BCUT2D eigenvalue weighted by molar-refractivity contribution is 5.74. The van der Waals surface area contributed by atoms with Gasteiger partial charge in [-0.15, -0.1) is 0 Å². The molecule has 0 unspecified atom stereocenters. The number of rotatable bonds is 3. The molecule has 0 aliphatic rings. The molecule has 4 nitrogen and oxygen atoms in total. The summed E-state index contributed by atoms with van der Waals surface area (Å²) < 4.78 is 0. The molecule has 0 aromatic heterocycles. The second-order valence-electron chi connectivity index (χ2n) is 4.25. The first kappa shape index (κ1) is 18.7. The van der Waals surface area contributed by atoms with Crippen molar-refractivity contribution < 1.29 is 9.59 Å². The zero-order chi connectivity index (χ0) is 16.1. The molecule has 4 heteroatoms. The van der Waals surface area contributed by atoms with Crippen molar-refractivity contribution in [1.29, 1.82) is 0 Å². The second-order valence-corrected chi connectivity index (χ2v) is 4.25. The van der Waals surface area contributed by atoms with E-state index < -0.39 is 0 Å². The number of nitrogens with two attached hydrogens (primary N) is 2. The molecule has 0 heterocycles. The van der Waals surface area contributed by atoms with Crippen molar-refractivity contribution in [3.05, 3.63) is 70.8 Å². The van der Waals surface area contributed by atoms with Gasteiger partial charge in [-0.3, -0.25) is 4.79 Å². The van der Waals surface area contributed by atoms with Gasteiger partial charge in [0.2, 0.25) is 0 Å². The van der Waals surface area contributed by atoms with Crippen LogP contribution in [0.2, 0.25) is 0 Å². The van der Waals surface area contributed by atoms with Crippen LogP contribution in [0.3, 0.4) is 0 Å². The van der Waals surface area contributed by atoms with Crippen molar-refractivity contribution in [2.24, 2.45) is 11.5 Å². The van der Waals surface area contributed by atoms with Gasteiger partial charge in [0.05, 0.1) is 0 Å². The number of hydrogen-bond acceptors (Lipinski definition) is 4. The van der Waals surface area contributed by atoms with Gasteiger partial charge in [-0.05, 0) is 18.1 Å². The van der Waals surface area contributed by atoms with E-state index in [0.717, 1.165) is 11.8 Å². The maximum atomic E-state index is 10.2. The first-order valence-corrected chi connectivity index (χ1v) is 6.48. The summed E-state index contributed by atoms with van der Waals surface area (Å²) in [6, 6.07) is 15.5. The lowest BCUT2D eigenvalue weighted by molar-refractivity contribution is -0.0979. The van der Waals surface area contributed by atoms with Gasteiger partial charge in [0, 0.05) is 18.7 Å². The summed E-state index contributed by atoms with van der Waals surface area (Å²) in [6.07, 6.45) is 0.820. The van der Waals surface area contributed by atoms with Crippen LogP contribution in [0.5, 0.6) is 0 Å². The van der Waals surface area contributed by atoms with E-state index in [0.29, 0.717) is 18.7 Å². The third kappa shape index (κ3) is 7.77. The molecule has 0 fully saturated rings. The fourth-order valence-electron chi connectivity index (χ4n) is 1.46. The Labute approximate surface area is 125 Å². The average Bonchev–Trinajstić information content (AvgIpc) is 2.58. The van der Waals surface area contributed by atoms with Crippen LogP contribution in [0.25, 0.3) is 0 Å². The lowest BCUT2D eigenvalue weighted by Gasteiger charge is -1.94. The van der Waals surface area contributed by atoms with Crippen molar-refractivity contribution in [3.8, 4) is 0 Å². The number of carbonyl (C=O) groups is 2. The van der Waals surface area contributed by atoms with Gasteiger partial charge in [0.15, 0.2) is 0 Å². The van der Waals surface area contributed by atoms with E-state index in [4.69, 9.17) is 16.3 Å². The Morgan fingerprint density at radius 1 is 0.857 bits per heavy atom. The minimum absolute atomic E-state index is 0.527. The monoisotopic (exact) mass is 286 g/mol. The Bertz CT molecular complexity index is 507. The molecular formula is C17H22N2O2. The largest absolute Gasteiger partial charge is 0.326 e. The van der Waals surface area contributed by atoms with Crippen molar-refractivity contribution in [2.45, 2.75) is 20.0 Å². The number of hydrogen-bond donors (Lipinski definition) is 2. The molecule has 2 aromatic carbocycles. The topological polar surface area (TPSA) is 86.2 Å². The Morgan fingerprint density at radius 2 is 1.24 bits per heavy atom. The van der Waals surface area contributed by atoms with E-state index in [9.17, 15) is 4.79 Å². The number of benzene rings is 2. The van der Waals surface area contributed by atoms with Gasteiger partial charge < -0.3 is 16.3 Å². The van der Waals surface area contributed by atoms with E-state index in [1.807, 2.05) is 18.9 Å². The average molecular weight is 286 g/mol. The standard InChI is InChI=1S/C8H9NO.C8H11N.CH2O/c9-5-7-1-3-8(6-10)4-2-7;1-7-2-4-8(6-9)5-3-7;1-2/h1-4,6H,5,9H2;2-5H,6,9H2,1H3;1H2. The fourth-order valence-corrected chi connectivity index (χ4v) is 1.46. The van der Waals surface area contributed by atoms with E-state index in [-0.39, 0.29) is 0 Å². The zero-order valence-corrected chi connectivity index (χ0v) is 12.3. The van der Waals surface area contributed by atoms with Crippen LogP contribution in [0.4, 0.5) is 0 Å². The van der Waals surface area contributed by atoms with Gasteiger partial charge in [0.1, 0.15) is 13.1 Å². The number of carbonyl (C=O) groups excluding carboxylic acids is 2. The lowest BCUT2D eigenvalue weighted by Crippen LogP contribution is -1.95. The molecule has 0 aliphatic carbocycles. The minimum atomic E-state index is 0.527. The molecule has 0 bridgehead atoms. The Morgan fingerprint density at radius 3 is 1.57 bits per heavy atom. The van der Waals surface area contributed by atoms with Gasteiger partial charge in [-0.2, -0.15) is 0 Å². The maximum Gasteiger partial charge on any atom is 0.150 e. The van der Waals surface area contributed by atoms with Crippen LogP contribution in [0.1, 0.15) is 27.0 Å². The minimum Gasteiger partial charge on any atom is -0.326 e. The summed E-state index contributed by atoms with van der Waals surface area (Å²) in [5.74, 6) is 0. The third-order valence-electron chi connectivity index (χ3n) is 2.71. The zero-order valence-electron chi connectivity index (χ0n) is 12.3. The highest BCUT2D eigenvalue weighted by Crippen LogP contribution is 2.01. The molecule has 0 saturated heterocycles. The van der Waals surface area contributed by atoms with Gasteiger partial charge in [0.25, 0.3) is 0 Å².